The Kier molecular flexibility index (Phi) is 2.04. The quantitative estimate of drug-likeness (QED) is 0.789. The Morgan fingerprint density at radius 3 is 3.06 bits per heavy atom. The van der Waals surface area contributed by atoms with Crippen LogP contribution in [0, 0.1) is 0 Å². The molecule has 82 valence electrons. The van der Waals surface area contributed by atoms with E-state index in [1.54, 1.807) is 12.4 Å². The monoisotopic (exact) mass is 215 g/mol. The zero-order valence-corrected chi connectivity index (χ0v) is 9.04. The number of aliphatic hydroxyl groups excluding tert-OH is 1. The van der Waals surface area contributed by atoms with Crippen molar-refractivity contribution in [1.29, 1.82) is 0 Å². The third kappa shape index (κ3) is 1.27. The predicted octanol–water partition coefficient (Wildman–Crippen LogP) is 1.81. The third-order valence-electron chi connectivity index (χ3n) is 3.11. The van der Waals surface area contributed by atoms with Crippen molar-refractivity contribution in [2.45, 2.75) is 25.4 Å². The maximum Gasteiger partial charge on any atom is 0.153 e. The first kappa shape index (κ1) is 9.54. The van der Waals surface area contributed by atoms with Crippen molar-refractivity contribution >= 4 is 0 Å². The minimum Gasteiger partial charge on any atom is -0.388 e. The van der Waals surface area contributed by atoms with Gasteiger partial charge in [-0.25, -0.2) is 9.67 Å². The van der Waals surface area contributed by atoms with E-state index >= 15 is 0 Å². The van der Waals surface area contributed by atoms with Crippen LogP contribution in [0.4, 0.5) is 0 Å². The van der Waals surface area contributed by atoms with Gasteiger partial charge in [0.25, 0.3) is 0 Å². The van der Waals surface area contributed by atoms with Gasteiger partial charge in [-0.3, -0.25) is 0 Å². The standard InChI is InChI=1S/C12H13N3O/c1-8-6-10(16)9-7-14-15(12(8)9)11-4-2-3-5-13-11/h2-5,7-8,10,16H,6H2,1H3. The lowest BCUT2D eigenvalue weighted by molar-refractivity contribution is 0.174. The minimum atomic E-state index is -0.373. The van der Waals surface area contributed by atoms with Crippen molar-refractivity contribution in [2.24, 2.45) is 0 Å². The second kappa shape index (κ2) is 3.42. The van der Waals surface area contributed by atoms with Crippen LogP contribution >= 0.6 is 0 Å². The molecule has 2 heterocycles. The SMILES string of the molecule is CC1CC(O)c2cnn(-c3ccccn3)c21. The third-order valence-corrected chi connectivity index (χ3v) is 3.11. The molecule has 2 aromatic heterocycles. The summed E-state index contributed by atoms with van der Waals surface area (Å²) in [5, 5.41) is 14.1. The summed E-state index contributed by atoms with van der Waals surface area (Å²) >= 11 is 0. The Hall–Kier alpha value is -1.68. The number of nitrogens with zero attached hydrogens (tertiary/aromatic N) is 3. The van der Waals surface area contributed by atoms with Crippen molar-refractivity contribution in [3.8, 4) is 5.82 Å². The van der Waals surface area contributed by atoms with E-state index in [0.717, 1.165) is 23.5 Å². The summed E-state index contributed by atoms with van der Waals surface area (Å²) in [7, 11) is 0. The van der Waals surface area contributed by atoms with E-state index in [9.17, 15) is 5.11 Å². The molecule has 0 radical (unpaired) electrons. The summed E-state index contributed by atoms with van der Waals surface area (Å²) in [5.41, 5.74) is 2.03. The molecule has 1 N–H and O–H groups in total. The van der Waals surface area contributed by atoms with Crippen LogP contribution < -0.4 is 0 Å². The average Bonchev–Trinajstić information content (AvgIpc) is 2.84. The molecule has 2 atom stereocenters. The molecular weight excluding hydrogens is 202 g/mol. The molecule has 0 saturated carbocycles. The van der Waals surface area contributed by atoms with Gasteiger partial charge in [0.15, 0.2) is 5.82 Å². The second-order valence-electron chi connectivity index (χ2n) is 4.24. The topological polar surface area (TPSA) is 50.9 Å². The van der Waals surface area contributed by atoms with Crippen LogP contribution in [0.5, 0.6) is 0 Å². The fourth-order valence-electron chi connectivity index (χ4n) is 2.36. The zero-order chi connectivity index (χ0) is 11.1. The van der Waals surface area contributed by atoms with Gasteiger partial charge >= 0.3 is 0 Å². The normalized spacial score (nSPS) is 23.4. The molecule has 16 heavy (non-hydrogen) atoms. The molecule has 4 heteroatoms. The van der Waals surface area contributed by atoms with Crippen LogP contribution in [0.3, 0.4) is 0 Å². The Balaban J connectivity index is 2.15. The van der Waals surface area contributed by atoms with Crippen molar-refractivity contribution in [3.63, 3.8) is 0 Å². The Morgan fingerprint density at radius 2 is 2.31 bits per heavy atom. The maximum absolute atomic E-state index is 9.84. The predicted molar refractivity (Wildman–Crippen MR) is 59.4 cm³/mol. The van der Waals surface area contributed by atoms with Crippen LogP contribution in [0.2, 0.25) is 0 Å². The molecule has 0 amide bonds. The summed E-state index contributed by atoms with van der Waals surface area (Å²) in [6.45, 7) is 2.11. The van der Waals surface area contributed by atoms with Gasteiger partial charge in [0.1, 0.15) is 0 Å². The van der Waals surface area contributed by atoms with E-state index < -0.39 is 0 Å². The van der Waals surface area contributed by atoms with Gasteiger partial charge in [0, 0.05) is 17.7 Å². The highest BCUT2D eigenvalue weighted by molar-refractivity contribution is 5.35. The van der Waals surface area contributed by atoms with Gasteiger partial charge in [-0.15, -0.1) is 0 Å². The summed E-state index contributed by atoms with van der Waals surface area (Å²) in [5.74, 6) is 1.14. The van der Waals surface area contributed by atoms with Crippen LogP contribution in [0.25, 0.3) is 5.82 Å². The first-order chi connectivity index (χ1) is 7.77. The number of hydrogen-bond acceptors (Lipinski definition) is 3. The van der Waals surface area contributed by atoms with Crippen LogP contribution in [0.1, 0.15) is 36.6 Å². The fourth-order valence-corrected chi connectivity index (χ4v) is 2.36. The minimum absolute atomic E-state index is 0.328. The fraction of sp³-hybridized carbons (Fsp3) is 0.333. The average molecular weight is 215 g/mol. The van der Waals surface area contributed by atoms with Crippen molar-refractivity contribution in [2.75, 3.05) is 0 Å². The zero-order valence-electron chi connectivity index (χ0n) is 9.04. The molecule has 4 nitrogen and oxygen atoms in total. The van der Waals surface area contributed by atoms with Gasteiger partial charge in [-0.05, 0) is 18.6 Å². The Morgan fingerprint density at radius 1 is 1.44 bits per heavy atom. The van der Waals surface area contributed by atoms with Crippen molar-refractivity contribution < 1.29 is 5.11 Å². The largest absolute Gasteiger partial charge is 0.388 e. The number of pyridine rings is 1. The van der Waals surface area contributed by atoms with E-state index in [1.807, 2.05) is 22.9 Å². The number of aromatic nitrogens is 3. The highest BCUT2D eigenvalue weighted by Crippen LogP contribution is 2.40. The highest BCUT2D eigenvalue weighted by Gasteiger charge is 2.31. The van der Waals surface area contributed by atoms with Gasteiger partial charge in [-0.2, -0.15) is 5.10 Å². The van der Waals surface area contributed by atoms with Crippen LogP contribution in [-0.2, 0) is 0 Å². The number of aliphatic hydroxyl groups is 1. The molecule has 2 unspecified atom stereocenters. The van der Waals surface area contributed by atoms with E-state index in [0.29, 0.717) is 5.92 Å². The highest BCUT2D eigenvalue weighted by atomic mass is 16.3. The lowest BCUT2D eigenvalue weighted by atomic mass is 10.1. The number of rotatable bonds is 1. The number of fused-ring (bicyclic) bond motifs is 1. The van der Waals surface area contributed by atoms with Gasteiger partial charge < -0.3 is 5.11 Å². The molecule has 0 bridgehead atoms. The smallest absolute Gasteiger partial charge is 0.153 e. The lowest BCUT2D eigenvalue weighted by Crippen LogP contribution is -2.04. The summed E-state index contributed by atoms with van der Waals surface area (Å²) in [6, 6.07) is 5.74. The van der Waals surface area contributed by atoms with E-state index in [-0.39, 0.29) is 6.10 Å². The molecule has 0 fully saturated rings. The summed E-state index contributed by atoms with van der Waals surface area (Å²) in [4.78, 5) is 4.28. The maximum atomic E-state index is 9.84. The van der Waals surface area contributed by atoms with Crippen LogP contribution in [-0.4, -0.2) is 19.9 Å². The van der Waals surface area contributed by atoms with Crippen molar-refractivity contribution in [3.05, 3.63) is 41.9 Å². The van der Waals surface area contributed by atoms with Crippen molar-refractivity contribution in [1.82, 2.24) is 14.8 Å². The van der Waals surface area contributed by atoms with Gasteiger partial charge in [0.2, 0.25) is 0 Å². The van der Waals surface area contributed by atoms with E-state index in [2.05, 4.69) is 17.0 Å². The molecule has 1 aliphatic carbocycles. The van der Waals surface area contributed by atoms with Gasteiger partial charge in [-0.1, -0.05) is 13.0 Å². The molecule has 0 saturated heterocycles. The lowest BCUT2D eigenvalue weighted by Gasteiger charge is -2.08. The van der Waals surface area contributed by atoms with Crippen LogP contribution in [0.15, 0.2) is 30.6 Å². The first-order valence-corrected chi connectivity index (χ1v) is 5.44. The molecule has 2 aromatic rings. The van der Waals surface area contributed by atoms with Gasteiger partial charge in [0.05, 0.1) is 18.0 Å². The Bertz CT molecular complexity index is 506. The Labute approximate surface area is 93.6 Å². The molecule has 3 rings (SSSR count). The molecule has 0 aromatic carbocycles. The van der Waals surface area contributed by atoms with E-state index in [4.69, 9.17) is 0 Å². The molecule has 0 spiro atoms. The first-order valence-electron chi connectivity index (χ1n) is 5.44. The summed E-state index contributed by atoms with van der Waals surface area (Å²) < 4.78 is 1.83. The molecule has 0 aliphatic heterocycles. The summed E-state index contributed by atoms with van der Waals surface area (Å²) in [6.07, 6.45) is 3.90. The number of hydrogen-bond donors (Lipinski definition) is 1. The van der Waals surface area contributed by atoms with E-state index in [1.165, 1.54) is 0 Å². The molecule has 1 aliphatic rings. The second-order valence-corrected chi connectivity index (χ2v) is 4.24. The molecular formula is C12H13N3O.